The summed E-state index contributed by atoms with van der Waals surface area (Å²) in [6, 6.07) is 4.88. The van der Waals surface area contributed by atoms with E-state index in [1.807, 2.05) is 6.07 Å². The molecule has 2 heterocycles. The third-order valence-electron chi connectivity index (χ3n) is 2.85. The lowest BCUT2D eigenvalue weighted by Crippen LogP contribution is -2.36. The number of hydrogen-bond donors (Lipinski definition) is 2. The highest BCUT2D eigenvalue weighted by Gasteiger charge is 2.29. The molecule has 2 rings (SSSR count). The minimum atomic E-state index is -0.996. The SMILES string of the molecule is Cl.N#CCc1ccc(Br)nc1NC(=O)[C@@H]1C[C@@H](F)CN1. The van der Waals surface area contributed by atoms with Crippen LogP contribution in [-0.2, 0) is 11.2 Å². The van der Waals surface area contributed by atoms with Crippen molar-refractivity contribution in [2.24, 2.45) is 0 Å². The largest absolute Gasteiger partial charge is 0.309 e. The van der Waals surface area contributed by atoms with Crippen molar-refractivity contribution in [1.29, 1.82) is 5.26 Å². The summed E-state index contributed by atoms with van der Waals surface area (Å²) in [6.45, 7) is 0.190. The quantitative estimate of drug-likeness (QED) is 0.805. The molecule has 2 atom stereocenters. The third kappa shape index (κ3) is 4.13. The maximum atomic E-state index is 13.0. The minimum Gasteiger partial charge on any atom is -0.309 e. The van der Waals surface area contributed by atoms with E-state index < -0.39 is 12.2 Å². The Morgan fingerprint density at radius 2 is 2.40 bits per heavy atom. The van der Waals surface area contributed by atoms with Gasteiger partial charge in [0.05, 0.1) is 18.5 Å². The van der Waals surface area contributed by atoms with Crippen molar-refractivity contribution in [2.45, 2.75) is 25.1 Å². The number of nitriles is 1. The number of alkyl halides is 1. The number of hydrogen-bond acceptors (Lipinski definition) is 4. The van der Waals surface area contributed by atoms with Gasteiger partial charge in [-0.3, -0.25) is 4.79 Å². The summed E-state index contributed by atoms with van der Waals surface area (Å²) < 4.78 is 13.6. The first kappa shape index (κ1) is 16.8. The molecule has 1 fully saturated rings. The Labute approximate surface area is 130 Å². The normalized spacial score (nSPS) is 20.9. The van der Waals surface area contributed by atoms with Crippen LogP contribution in [0.1, 0.15) is 12.0 Å². The Bertz CT molecular complexity index is 537. The molecule has 5 nitrogen and oxygen atoms in total. The number of rotatable bonds is 3. The van der Waals surface area contributed by atoms with Gasteiger partial charge in [0.15, 0.2) is 0 Å². The summed E-state index contributed by atoms with van der Waals surface area (Å²) in [7, 11) is 0. The monoisotopic (exact) mass is 362 g/mol. The van der Waals surface area contributed by atoms with Gasteiger partial charge in [0, 0.05) is 18.5 Å². The number of anilines is 1. The average molecular weight is 364 g/mol. The topological polar surface area (TPSA) is 77.8 Å². The fraction of sp³-hybridized carbons (Fsp3) is 0.417. The van der Waals surface area contributed by atoms with Crippen molar-refractivity contribution >= 4 is 40.1 Å². The van der Waals surface area contributed by atoms with Gasteiger partial charge in [-0.25, -0.2) is 9.37 Å². The number of nitrogens with zero attached hydrogens (tertiary/aromatic N) is 2. The molecule has 1 saturated heterocycles. The van der Waals surface area contributed by atoms with Gasteiger partial charge in [-0.15, -0.1) is 12.4 Å². The van der Waals surface area contributed by atoms with Crippen molar-refractivity contribution in [2.75, 3.05) is 11.9 Å². The molecule has 0 bridgehead atoms. The zero-order valence-corrected chi connectivity index (χ0v) is 12.8. The van der Waals surface area contributed by atoms with Crippen LogP contribution in [0.15, 0.2) is 16.7 Å². The van der Waals surface area contributed by atoms with E-state index in [4.69, 9.17) is 5.26 Å². The Morgan fingerprint density at radius 3 is 3.00 bits per heavy atom. The maximum Gasteiger partial charge on any atom is 0.242 e. The summed E-state index contributed by atoms with van der Waals surface area (Å²) >= 11 is 3.21. The van der Waals surface area contributed by atoms with E-state index in [0.29, 0.717) is 16.0 Å². The summed E-state index contributed by atoms with van der Waals surface area (Å²) in [5.41, 5.74) is 0.633. The molecular formula is C12H13BrClFN4O. The maximum absolute atomic E-state index is 13.0. The molecule has 0 radical (unpaired) electrons. The predicted octanol–water partition coefficient (Wildman–Crippen LogP) is 1.97. The van der Waals surface area contributed by atoms with Crippen LogP contribution in [0, 0.1) is 11.3 Å². The highest BCUT2D eigenvalue weighted by molar-refractivity contribution is 9.10. The molecule has 0 unspecified atom stereocenters. The van der Waals surface area contributed by atoms with Crippen LogP contribution in [0.25, 0.3) is 0 Å². The van der Waals surface area contributed by atoms with Crippen LogP contribution in [0.4, 0.5) is 10.2 Å². The van der Waals surface area contributed by atoms with Crippen LogP contribution in [0.2, 0.25) is 0 Å². The summed E-state index contributed by atoms with van der Waals surface area (Å²) in [4.78, 5) is 16.1. The van der Waals surface area contributed by atoms with Crippen LogP contribution in [0.3, 0.4) is 0 Å². The summed E-state index contributed by atoms with van der Waals surface area (Å²) in [5.74, 6) is 0.00923. The van der Waals surface area contributed by atoms with Gasteiger partial charge in [0.2, 0.25) is 5.91 Å². The molecular weight excluding hydrogens is 351 g/mol. The van der Waals surface area contributed by atoms with Gasteiger partial charge in [0.1, 0.15) is 16.6 Å². The molecule has 20 heavy (non-hydrogen) atoms. The van der Waals surface area contributed by atoms with E-state index in [1.54, 1.807) is 12.1 Å². The molecule has 108 valence electrons. The van der Waals surface area contributed by atoms with Crippen molar-refractivity contribution in [1.82, 2.24) is 10.3 Å². The highest BCUT2D eigenvalue weighted by Crippen LogP contribution is 2.19. The number of nitrogens with one attached hydrogen (secondary N) is 2. The second kappa shape index (κ2) is 7.53. The molecule has 0 aromatic carbocycles. The molecule has 1 aromatic heterocycles. The molecule has 0 spiro atoms. The molecule has 1 aliphatic heterocycles. The average Bonchev–Trinajstić information content (AvgIpc) is 2.80. The summed E-state index contributed by atoms with van der Waals surface area (Å²) in [6.07, 6.45) is -0.683. The zero-order valence-electron chi connectivity index (χ0n) is 10.4. The number of pyridine rings is 1. The van der Waals surface area contributed by atoms with Crippen LogP contribution < -0.4 is 10.6 Å². The number of amides is 1. The smallest absolute Gasteiger partial charge is 0.242 e. The molecule has 1 amide bonds. The Balaban J connectivity index is 0.00000200. The first-order valence-electron chi connectivity index (χ1n) is 5.81. The van der Waals surface area contributed by atoms with Crippen molar-refractivity contribution in [3.63, 3.8) is 0 Å². The first-order valence-corrected chi connectivity index (χ1v) is 6.60. The van der Waals surface area contributed by atoms with E-state index in [9.17, 15) is 9.18 Å². The lowest BCUT2D eigenvalue weighted by atomic mass is 10.1. The first-order chi connectivity index (χ1) is 9.10. The number of halogens is 3. The molecule has 1 aliphatic rings. The Hall–Kier alpha value is -1.23. The van der Waals surface area contributed by atoms with Crippen molar-refractivity contribution in [3.05, 3.63) is 22.3 Å². The third-order valence-corrected chi connectivity index (χ3v) is 3.29. The molecule has 1 aromatic rings. The second-order valence-electron chi connectivity index (χ2n) is 4.26. The standard InChI is InChI=1S/C12H12BrFN4O.ClH/c13-10-2-1-7(3-4-15)11(17-10)18-12(19)9-5-8(14)6-16-9;/h1-2,8-9,16H,3,5-6H2,(H,17,18,19);1H/t8-,9+;/m1./s1. The van der Waals surface area contributed by atoms with Gasteiger partial charge >= 0.3 is 0 Å². The lowest BCUT2D eigenvalue weighted by Gasteiger charge is -2.12. The van der Waals surface area contributed by atoms with Gasteiger partial charge in [0.25, 0.3) is 0 Å². The lowest BCUT2D eigenvalue weighted by molar-refractivity contribution is -0.117. The van der Waals surface area contributed by atoms with Gasteiger partial charge < -0.3 is 10.6 Å². The van der Waals surface area contributed by atoms with Gasteiger partial charge in [-0.2, -0.15) is 5.26 Å². The molecule has 0 aliphatic carbocycles. The number of carbonyl (C=O) groups excluding carboxylic acids is 1. The predicted molar refractivity (Wildman–Crippen MR) is 78.4 cm³/mol. The second-order valence-corrected chi connectivity index (χ2v) is 5.07. The van der Waals surface area contributed by atoms with Crippen molar-refractivity contribution < 1.29 is 9.18 Å². The van der Waals surface area contributed by atoms with E-state index in [1.165, 1.54) is 0 Å². The Kier molecular flexibility index (Phi) is 6.33. The number of aromatic nitrogens is 1. The fourth-order valence-electron chi connectivity index (χ4n) is 1.90. The molecule has 8 heteroatoms. The van der Waals surface area contributed by atoms with Crippen LogP contribution >= 0.6 is 28.3 Å². The summed E-state index contributed by atoms with van der Waals surface area (Å²) in [5, 5.41) is 14.2. The van der Waals surface area contributed by atoms with Crippen LogP contribution in [0.5, 0.6) is 0 Å². The van der Waals surface area contributed by atoms with Gasteiger partial charge in [-0.05, 0) is 22.0 Å². The molecule has 2 N–H and O–H groups in total. The van der Waals surface area contributed by atoms with E-state index in [2.05, 4.69) is 31.5 Å². The highest BCUT2D eigenvalue weighted by atomic mass is 79.9. The van der Waals surface area contributed by atoms with Crippen molar-refractivity contribution in [3.8, 4) is 6.07 Å². The van der Waals surface area contributed by atoms with E-state index >= 15 is 0 Å². The fourth-order valence-corrected chi connectivity index (χ4v) is 2.21. The van der Waals surface area contributed by atoms with Crippen LogP contribution in [-0.4, -0.2) is 29.6 Å². The number of carbonyl (C=O) groups is 1. The zero-order chi connectivity index (χ0) is 13.8. The van der Waals surface area contributed by atoms with E-state index in [-0.39, 0.29) is 37.7 Å². The van der Waals surface area contributed by atoms with Gasteiger partial charge in [-0.1, -0.05) is 6.07 Å². The van der Waals surface area contributed by atoms with E-state index in [0.717, 1.165) is 0 Å². The molecule has 0 saturated carbocycles. The minimum absolute atomic E-state index is 0. The Morgan fingerprint density at radius 1 is 1.65 bits per heavy atom.